The molecule has 1 atom stereocenters. The van der Waals surface area contributed by atoms with Crippen molar-refractivity contribution in [2.45, 2.75) is 23.2 Å². The smallest absolute Gasteiger partial charge is 0.250 e. The highest BCUT2D eigenvalue weighted by Gasteiger charge is 2.24. The Balaban J connectivity index is 2.62. The Hall–Kier alpha value is 0.400. The number of halogens is 1. The van der Waals surface area contributed by atoms with E-state index in [1.54, 1.807) is 24.8 Å². The van der Waals surface area contributed by atoms with E-state index in [1.807, 2.05) is 6.26 Å². The first-order valence-corrected chi connectivity index (χ1v) is 9.72. The molecule has 0 aliphatic heterocycles. The van der Waals surface area contributed by atoms with Crippen LogP contribution in [0.4, 0.5) is 0 Å². The second-order valence-corrected chi connectivity index (χ2v) is 9.57. The third-order valence-electron chi connectivity index (χ3n) is 2.30. The van der Waals surface area contributed by atoms with E-state index in [0.29, 0.717) is 6.42 Å². The van der Waals surface area contributed by atoms with E-state index in [0.717, 1.165) is 20.9 Å². The Morgan fingerprint density at radius 3 is 2.72 bits per heavy atom. The maximum absolute atomic E-state index is 11.9. The summed E-state index contributed by atoms with van der Waals surface area (Å²) >= 11 is 5.99. The molecule has 0 amide bonds. The molecule has 18 heavy (non-hydrogen) atoms. The Bertz CT molecular complexity index is 484. The first-order valence-electron chi connectivity index (χ1n) is 5.23. The molecule has 0 saturated carbocycles. The average Bonchev–Trinajstić information content (AvgIpc) is 2.72. The lowest BCUT2D eigenvalue weighted by Gasteiger charge is -2.22. The molecule has 0 bridgehead atoms. The standard InChI is InChI=1S/C10H16BrNO3S3/c1-10(13,5-6-16-2)7-12-18(14,15)9-4-3-8(11)17-9/h3-4,12-13H,5-7H2,1-2H3. The zero-order chi connectivity index (χ0) is 13.8. The highest BCUT2D eigenvalue weighted by molar-refractivity contribution is 9.11. The van der Waals surface area contributed by atoms with Crippen LogP contribution < -0.4 is 4.72 Å². The van der Waals surface area contributed by atoms with Gasteiger partial charge in [-0.05, 0) is 53.4 Å². The summed E-state index contributed by atoms with van der Waals surface area (Å²) in [7, 11) is -3.53. The third-order valence-corrected chi connectivity index (χ3v) is 6.43. The molecule has 0 spiro atoms. The van der Waals surface area contributed by atoms with Crippen molar-refractivity contribution >= 4 is 49.1 Å². The van der Waals surface area contributed by atoms with Crippen LogP contribution in [0.2, 0.25) is 0 Å². The molecule has 1 aromatic rings. The van der Waals surface area contributed by atoms with Crippen LogP contribution in [0.3, 0.4) is 0 Å². The van der Waals surface area contributed by atoms with Crippen LogP contribution in [0, 0.1) is 0 Å². The number of nitrogens with one attached hydrogen (secondary N) is 1. The molecular weight excluding hydrogens is 358 g/mol. The monoisotopic (exact) mass is 373 g/mol. The van der Waals surface area contributed by atoms with E-state index in [2.05, 4.69) is 20.7 Å². The molecule has 1 aromatic heterocycles. The molecule has 0 fully saturated rings. The summed E-state index contributed by atoms with van der Waals surface area (Å²) in [5.74, 6) is 0.791. The minimum Gasteiger partial charge on any atom is -0.389 e. The fourth-order valence-electron chi connectivity index (χ4n) is 1.17. The Labute approximate surface area is 124 Å². The number of hydrogen-bond acceptors (Lipinski definition) is 5. The molecule has 0 aliphatic carbocycles. The lowest BCUT2D eigenvalue weighted by Crippen LogP contribution is -2.40. The predicted molar refractivity (Wildman–Crippen MR) is 80.8 cm³/mol. The third kappa shape index (κ3) is 5.18. The van der Waals surface area contributed by atoms with E-state index in [-0.39, 0.29) is 10.8 Å². The van der Waals surface area contributed by atoms with E-state index in [9.17, 15) is 13.5 Å². The minimum absolute atomic E-state index is 0.0193. The highest BCUT2D eigenvalue weighted by Crippen LogP contribution is 2.26. The van der Waals surface area contributed by atoms with Gasteiger partial charge in [0.05, 0.1) is 9.39 Å². The van der Waals surface area contributed by atoms with Gasteiger partial charge < -0.3 is 5.11 Å². The van der Waals surface area contributed by atoms with E-state index >= 15 is 0 Å². The highest BCUT2D eigenvalue weighted by atomic mass is 79.9. The van der Waals surface area contributed by atoms with Crippen molar-refractivity contribution in [3.63, 3.8) is 0 Å². The summed E-state index contributed by atoms with van der Waals surface area (Å²) < 4.78 is 27.3. The van der Waals surface area contributed by atoms with Gasteiger partial charge in [0.1, 0.15) is 4.21 Å². The van der Waals surface area contributed by atoms with Crippen molar-refractivity contribution in [1.29, 1.82) is 0 Å². The van der Waals surface area contributed by atoms with Crippen molar-refractivity contribution < 1.29 is 13.5 Å². The van der Waals surface area contributed by atoms with Crippen LogP contribution in [-0.4, -0.2) is 37.7 Å². The van der Waals surface area contributed by atoms with Crippen LogP contribution in [-0.2, 0) is 10.0 Å². The van der Waals surface area contributed by atoms with Crippen LogP contribution >= 0.6 is 39.0 Å². The molecule has 104 valence electrons. The van der Waals surface area contributed by atoms with Gasteiger partial charge in [-0.3, -0.25) is 0 Å². The molecule has 0 aromatic carbocycles. The summed E-state index contributed by atoms with van der Waals surface area (Å²) in [6.07, 6.45) is 2.49. The second-order valence-electron chi connectivity index (χ2n) is 4.12. The quantitative estimate of drug-likeness (QED) is 0.769. The summed E-state index contributed by atoms with van der Waals surface area (Å²) in [6.45, 7) is 1.65. The molecule has 8 heteroatoms. The average molecular weight is 374 g/mol. The molecule has 0 saturated heterocycles. The van der Waals surface area contributed by atoms with Crippen molar-refractivity contribution in [3.05, 3.63) is 15.9 Å². The van der Waals surface area contributed by atoms with Crippen molar-refractivity contribution in [2.24, 2.45) is 0 Å². The van der Waals surface area contributed by atoms with E-state index in [4.69, 9.17) is 0 Å². The number of hydrogen-bond donors (Lipinski definition) is 2. The van der Waals surface area contributed by atoms with Gasteiger partial charge in [0.2, 0.25) is 10.0 Å². The van der Waals surface area contributed by atoms with Crippen molar-refractivity contribution in [2.75, 3.05) is 18.6 Å². The van der Waals surface area contributed by atoms with Gasteiger partial charge in [-0.2, -0.15) is 11.8 Å². The fraction of sp³-hybridized carbons (Fsp3) is 0.600. The molecule has 0 aliphatic rings. The first-order chi connectivity index (χ1) is 8.27. The van der Waals surface area contributed by atoms with Crippen molar-refractivity contribution in [1.82, 2.24) is 4.72 Å². The predicted octanol–water partition coefficient (Wildman–Crippen LogP) is 2.29. The Morgan fingerprint density at radius 2 is 2.22 bits per heavy atom. The van der Waals surface area contributed by atoms with Gasteiger partial charge in [0.25, 0.3) is 0 Å². The summed E-state index contributed by atoms with van der Waals surface area (Å²) in [5.41, 5.74) is -1.02. The van der Waals surface area contributed by atoms with Crippen LogP contribution in [0.1, 0.15) is 13.3 Å². The van der Waals surface area contributed by atoms with Crippen LogP contribution in [0.25, 0.3) is 0 Å². The lowest BCUT2D eigenvalue weighted by molar-refractivity contribution is 0.0626. The SMILES string of the molecule is CSCCC(C)(O)CNS(=O)(=O)c1ccc(Br)s1. The largest absolute Gasteiger partial charge is 0.389 e. The number of sulfonamides is 1. The van der Waals surface area contributed by atoms with Gasteiger partial charge in [-0.25, -0.2) is 13.1 Å². The van der Waals surface area contributed by atoms with Crippen LogP contribution in [0.5, 0.6) is 0 Å². The van der Waals surface area contributed by atoms with Gasteiger partial charge in [0.15, 0.2) is 0 Å². The van der Waals surface area contributed by atoms with Crippen LogP contribution in [0.15, 0.2) is 20.1 Å². The zero-order valence-corrected chi connectivity index (χ0v) is 14.2. The molecule has 1 unspecified atom stereocenters. The number of rotatable bonds is 7. The molecule has 1 rings (SSSR count). The van der Waals surface area contributed by atoms with Gasteiger partial charge in [-0.1, -0.05) is 0 Å². The van der Waals surface area contributed by atoms with E-state index in [1.165, 1.54) is 6.07 Å². The Kier molecular flexibility index (Phi) is 6.14. The molecule has 0 radical (unpaired) electrons. The summed E-state index contributed by atoms with van der Waals surface area (Å²) in [6, 6.07) is 3.22. The number of thioether (sulfide) groups is 1. The summed E-state index contributed by atoms with van der Waals surface area (Å²) in [5, 5.41) is 10.0. The first kappa shape index (κ1) is 16.5. The maximum atomic E-state index is 11.9. The van der Waals surface area contributed by atoms with E-state index < -0.39 is 15.6 Å². The number of aliphatic hydroxyl groups is 1. The molecule has 4 nitrogen and oxygen atoms in total. The summed E-state index contributed by atoms with van der Waals surface area (Å²) in [4.78, 5) is 0. The van der Waals surface area contributed by atoms with Gasteiger partial charge >= 0.3 is 0 Å². The fourth-order valence-corrected chi connectivity index (χ4v) is 5.03. The lowest BCUT2D eigenvalue weighted by atomic mass is 10.1. The minimum atomic E-state index is -3.53. The molecular formula is C10H16BrNO3S3. The van der Waals surface area contributed by atoms with Gasteiger partial charge in [0, 0.05) is 6.54 Å². The molecule has 1 heterocycles. The zero-order valence-electron chi connectivity index (χ0n) is 10.1. The maximum Gasteiger partial charge on any atom is 0.250 e. The molecule has 2 N–H and O–H groups in total. The van der Waals surface area contributed by atoms with Crippen molar-refractivity contribution in [3.8, 4) is 0 Å². The Morgan fingerprint density at radius 1 is 1.56 bits per heavy atom. The number of thiophene rings is 1. The van der Waals surface area contributed by atoms with Gasteiger partial charge in [-0.15, -0.1) is 11.3 Å². The second kappa shape index (κ2) is 6.71. The topological polar surface area (TPSA) is 66.4 Å². The normalized spacial score (nSPS) is 15.6.